The van der Waals surface area contributed by atoms with Gasteiger partial charge in [-0.25, -0.2) is 9.97 Å². The van der Waals surface area contributed by atoms with Gasteiger partial charge in [-0.1, -0.05) is 48.7 Å². The van der Waals surface area contributed by atoms with Crippen LogP contribution >= 0.6 is 34.8 Å². The smallest absolute Gasteiger partial charge is 0.138 e. The van der Waals surface area contributed by atoms with Gasteiger partial charge >= 0.3 is 0 Å². The number of benzene rings is 1. The Morgan fingerprint density at radius 2 is 1.80 bits per heavy atom. The molecule has 20 heavy (non-hydrogen) atoms. The van der Waals surface area contributed by atoms with E-state index in [1.807, 2.05) is 20.8 Å². The van der Waals surface area contributed by atoms with E-state index in [0.29, 0.717) is 32.5 Å². The zero-order valence-corrected chi connectivity index (χ0v) is 13.6. The normalized spacial score (nSPS) is 10.9. The molecular formula is C14H14Cl3N3. The number of nitrogens with one attached hydrogen (secondary N) is 1. The standard InChI is InChI=1S/C14H14Cl3N3/c1-7(2)13-19-12(17)8(3)14(20-13)18-11-6-9(15)4-5-10(11)16/h4-7H,1-3H3,(H,18,19,20). The van der Waals surface area contributed by atoms with E-state index in [2.05, 4.69) is 15.3 Å². The first-order valence-corrected chi connectivity index (χ1v) is 7.28. The second-order valence-corrected chi connectivity index (χ2v) is 5.95. The van der Waals surface area contributed by atoms with Crippen molar-refractivity contribution in [1.29, 1.82) is 0 Å². The maximum absolute atomic E-state index is 6.15. The number of hydrogen-bond donors (Lipinski definition) is 1. The summed E-state index contributed by atoms with van der Waals surface area (Å²) in [5.74, 6) is 1.50. The third-order valence-electron chi connectivity index (χ3n) is 2.80. The van der Waals surface area contributed by atoms with Crippen LogP contribution in [0.3, 0.4) is 0 Å². The molecule has 3 nitrogen and oxygen atoms in total. The molecule has 0 aliphatic heterocycles. The maximum atomic E-state index is 6.15. The molecule has 0 fully saturated rings. The van der Waals surface area contributed by atoms with Crippen molar-refractivity contribution in [1.82, 2.24) is 9.97 Å². The fourth-order valence-corrected chi connectivity index (χ4v) is 2.12. The number of anilines is 2. The predicted molar refractivity (Wildman–Crippen MR) is 85.6 cm³/mol. The summed E-state index contributed by atoms with van der Waals surface area (Å²) in [6.45, 7) is 5.88. The lowest BCUT2D eigenvalue weighted by Gasteiger charge is -2.14. The van der Waals surface area contributed by atoms with Gasteiger partial charge in [0.15, 0.2) is 0 Å². The predicted octanol–water partition coefficient (Wildman–Crippen LogP) is 5.61. The van der Waals surface area contributed by atoms with E-state index in [9.17, 15) is 0 Å². The van der Waals surface area contributed by atoms with Gasteiger partial charge in [0.25, 0.3) is 0 Å². The van der Waals surface area contributed by atoms with Gasteiger partial charge in [-0.05, 0) is 25.1 Å². The molecule has 0 aliphatic carbocycles. The molecule has 0 spiro atoms. The maximum Gasteiger partial charge on any atom is 0.138 e. The van der Waals surface area contributed by atoms with Crippen molar-refractivity contribution in [2.45, 2.75) is 26.7 Å². The van der Waals surface area contributed by atoms with Crippen LogP contribution in [0.4, 0.5) is 11.5 Å². The summed E-state index contributed by atoms with van der Waals surface area (Å²) in [4.78, 5) is 8.76. The lowest BCUT2D eigenvalue weighted by Crippen LogP contribution is -2.05. The van der Waals surface area contributed by atoms with Gasteiger partial charge in [-0.3, -0.25) is 0 Å². The Bertz CT molecular complexity index is 642. The summed E-state index contributed by atoms with van der Waals surface area (Å²) in [7, 11) is 0. The summed E-state index contributed by atoms with van der Waals surface area (Å²) >= 11 is 18.3. The monoisotopic (exact) mass is 329 g/mol. The second kappa shape index (κ2) is 6.17. The molecule has 0 bridgehead atoms. The zero-order chi connectivity index (χ0) is 14.9. The summed E-state index contributed by atoms with van der Waals surface area (Å²) in [6, 6.07) is 5.20. The zero-order valence-electron chi connectivity index (χ0n) is 11.3. The molecule has 1 aromatic carbocycles. The largest absolute Gasteiger partial charge is 0.339 e. The lowest BCUT2D eigenvalue weighted by atomic mass is 10.2. The van der Waals surface area contributed by atoms with Gasteiger partial charge in [-0.2, -0.15) is 0 Å². The molecule has 2 aromatic rings. The number of halogens is 3. The molecule has 0 saturated carbocycles. The Morgan fingerprint density at radius 1 is 1.10 bits per heavy atom. The summed E-state index contributed by atoms with van der Waals surface area (Å²) in [6.07, 6.45) is 0. The van der Waals surface area contributed by atoms with Gasteiger partial charge < -0.3 is 5.32 Å². The molecule has 1 heterocycles. The molecule has 106 valence electrons. The Morgan fingerprint density at radius 3 is 2.45 bits per heavy atom. The van der Waals surface area contributed by atoms with Crippen molar-refractivity contribution in [2.75, 3.05) is 5.32 Å². The van der Waals surface area contributed by atoms with Crippen LogP contribution in [0.5, 0.6) is 0 Å². The van der Waals surface area contributed by atoms with Gasteiger partial charge in [0, 0.05) is 16.5 Å². The van der Waals surface area contributed by atoms with E-state index in [1.165, 1.54) is 0 Å². The van der Waals surface area contributed by atoms with Crippen LogP contribution in [0.25, 0.3) is 0 Å². The van der Waals surface area contributed by atoms with Gasteiger partial charge in [-0.15, -0.1) is 0 Å². The highest BCUT2D eigenvalue weighted by Gasteiger charge is 2.13. The fraction of sp³-hybridized carbons (Fsp3) is 0.286. The minimum atomic E-state index is 0.184. The van der Waals surface area contributed by atoms with Crippen LogP contribution < -0.4 is 5.32 Å². The van der Waals surface area contributed by atoms with E-state index >= 15 is 0 Å². The van der Waals surface area contributed by atoms with Crippen LogP contribution in [0, 0.1) is 6.92 Å². The van der Waals surface area contributed by atoms with Crippen LogP contribution in [0.1, 0.15) is 31.2 Å². The first-order valence-electron chi connectivity index (χ1n) is 6.14. The molecule has 0 amide bonds. The lowest BCUT2D eigenvalue weighted by molar-refractivity contribution is 0.773. The Kier molecular flexibility index (Phi) is 4.74. The van der Waals surface area contributed by atoms with E-state index in [4.69, 9.17) is 34.8 Å². The Labute approximate surface area is 133 Å². The third-order valence-corrected chi connectivity index (χ3v) is 3.73. The summed E-state index contributed by atoms with van der Waals surface area (Å²) in [5, 5.41) is 4.76. The molecule has 0 aliphatic rings. The average molecular weight is 331 g/mol. The van der Waals surface area contributed by atoms with Crippen molar-refractivity contribution in [3.63, 3.8) is 0 Å². The highest BCUT2D eigenvalue weighted by atomic mass is 35.5. The molecule has 2 rings (SSSR count). The quantitative estimate of drug-likeness (QED) is 0.743. The van der Waals surface area contributed by atoms with E-state index in [-0.39, 0.29) is 5.92 Å². The first-order chi connectivity index (χ1) is 9.38. The number of rotatable bonds is 3. The first kappa shape index (κ1) is 15.4. The molecule has 0 saturated heterocycles. The number of hydrogen-bond acceptors (Lipinski definition) is 3. The SMILES string of the molecule is Cc1c(Cl)nc(C(C)C)nc1Nc1cc(Cl)ccc1Cl. The molecule has 0 atom stereocenters. The molecule has 1 N–H and O–H groups in total. The van der Waals surface area contributed by atoms with Gasteiger partial charge in [0.05, 0.1) is 10.7 Å². The van der Waals surface area contributed by atoms with Crippen molar-refractivity contribution in [3.8, 4) is 0 Å². The van der Waals surface area contributed by atoms with Gasteiger partial charge in [0.1, 0.15) is 16.8 Å². The minimum Gasteiger partial charge on any atom is -0.339 e. The molecule has 0 radical (unpaired) electrons. The summed E-state index contributed by atoms with van der Waals surface area (Å²) < 4.78 is 0. The molecular weight excluding hydrogens is 317 g/mol. The van der Waals surface area contributed by atoms with E-state index in [1.54, 1.807) is 18.2 Å². The van der Waals surface area contributed by atoms with Crippen molar-refractivity contribution >= 4 is 46.3 Å². The molecule has 0 unspecified atom stereocenters. The summed E-state index contributed by atoms with van der Waals surface area (Å²) in [5.41, 5.74) is 1.46. The van der Waals surface area contributed by atoms with E-state index < -0.39 is 0 Å². The highest BCUT2D eigenvalue weighted by molar-refractivity contribution is 6.35. The highest BCUT2D eigenvalue weighted by Crippen LogP contribution is 2.31. The number of aromatic nitrogens is 2. The number of nitrogens with zero attached hydrogens (tertiary/aromatic N) is 2. The van der Waals surface area contributed by atoms with Crippen LogP contribution in [-0.2, 0) is 0 Å². The fourth-order valence-electron chi connectivity index (χ4n) is 1.61. The van der Waals surface area contributed by atoms with Crippen molar-refractivity contribution in [2.24, 2.45) is 0 Å². The average Bonchev–Trinajstić information content (AvgIpc) is 2.38. The topological polar surface area (TPSA) is 37.8 Å². The molecule has 6 heteroatoms. The third kappa shape index (κ3) is 3.35. The Hall–Kier alpha value is -1.03. The van der Waals surface area contributed by atoms with Crippen LogP contribution in [0.15, 0.2) is 18.2 Å². The van der Waals surface area contributed by atoms with Gasteiger partial charge in [0.2, 0.25) is 0 Å². The van der Waals surface area contributed by atoms with Crippen LogP contribution in [0.2, 0.25) is 15.2 Å². The van der Waals surface area contributed by atoms with Crippen molar-refractivity contribution < 1.29 is 0 Å². The van der Waals surface area contributed by atoms with Crippen molar-refractivity contribution in [3.05, 3.63) is 44.8 Å². The second-order valence-electron chi connectivity index (χ2n) is 4.75. The van der Waals surface area contributed by atoms with E-state index in [0.717, 1.165) is 5.56 Å². The Balaban J connectivity index is 2.45. The van der Waals surface area contributed by atoms with Crippen LogP contribution in [-0.4, -0.2) is 9.97 Å². The minimum absolute atomic E-state index is 0.184. The molecule has 1 aromatic heterocycles.